The summed E-state index contributed by atoms with van der Waals surface area (Å²) in [5.41, 5.74) is 8.66. The third-order valence-electron chi connectivity index (χ3n) is 3.34. The number of benzene rings is 1. The number of anilines is 1. The fraction of sp³-hybridized carbons (Fsp3) is 0.250. The third kappa shape index (κ3) is 2.22. The normalized spacial score (nSPS) is 11.8. The van der Waals surface area contributed by atoms with Crippen LogP contribution in [0.2, 0.25) is 0 Å². The Balaban J connectivity index is 2.59. The predicted molar refractivity (Wildman–Crippen MR) is 71.0 cm³/mol. The summed E-state index contributed by atoms with van der Waals surface area (Å²) in [6, 6.07) is 5.97. The van der Waals surface area contributed by atoms with Crippen LogP contribution in [0.4, 0.5) is 5.82 Å². The van der Waals surface area contributed by atoms with Crippen LogP contribution in [-0.4, -0.2) is 17.7 Å². The van der Waals surface area contributed by atoms with Crippen LogP contribution >= 0.6 is 0 Å². The second-order valence-electron chi connectivity index (χ2n) is 4.39. The van der Waals surface area contributed by atoms with Gasteiger partial charge in [-0.1, -0.05) is 12.1 Å². The minimum Gasteiger partial charge on any atom is -0.285 e. The lowest BCUT2D eigenvalue weighted by Crippen LogP contribution is -2.39. The van der Waals surface area contributed by atoms with Crippen LogP contribution in [0, 0.1) is 6.92 Å². The molecule has 0 aliphatic carbocycles. The van der Waals surface area contributed by atoms with Gasteiger partial charge >= 0.3 is 5.82 Å². The van der Waals surface area contributed by atoms with Crippen molar-refractivity contribution in [2.45, 2.75) is 11.8 Å². The molecule has 7 heteroatoms. The molecule has 0 unspecified atom stereocenters. The van der Waals surface area contributed by atoms with Crippen LogP contribution in [0.1, 0.15) is 5.69 Å². The number of hydrogen-bond acceptors (Lipinski definition) is 3. The van der Waals surface area contributed by atoms with Crippen LogP contribution in [0.5, 0.6) is 0 Å². The molecule has 102 valence electrons. The highest BCUT2D eigenvalue weighted by atomic mass is 32.2. The molecule has 3 N–H and O–H groups in total. The number of nitrogen functional groups attached to an aromatic ring is 1. The van der Waals surface area contributed by atoms with Gasteiger partial charge in [-0.25, -0.2) is 4.68 Å². The zero-order valence-corrected chi connectivity index (χ0v) is 11.8. The van der Waals surface area contributed by atoms with Crippen molar-refractivity contribution in [3.05, 3.63) is 30.0 Å². The Morgan fingerprint density at radius 1 is 1.26 bits per heavy atom. The fourth-order valence-corrected chi connectivity index (χ4v) is 2.53. The maximum atomic E-state index is 11.0. The van der Waals surface area contributed by atoms with Gasteiger partial charge < -0.3 is 0 Å². The average Bonchev–Trinajstić information content (AvgIpc) is 2.53. The summed E-state index contributed by atoms with van der Waals surface area (Å²) in [6.07, 6.45) is 0. The van der Waals surface area contributed by atoms with Crippen LogP contribution < -0.4 is 10.4 Å². The highest BCUT2D eigenvalue weighted by Gasteiger charge is 2.20. The molecular weight excluding hydrogens is 266 g/mol. The molecule has 6 nitrogen and oxygen atoms in total. The minimum absolute atomic E-state index is 0.132. The molecular formula is C12H16N3O3S+. The molecule has 2 aromatic rings. The van der Waals surface area contributed by atoms with Gasteiger partial charge in [0.1, 0.15) is 7.05 Å². The van der Waals surface area contributed by atoms with Crippen molar-refractivity contribution in [3.63, 3.8) is 0 Å². The van der Waals surface area contributed by atoms with Crippen LogP contribution in [-0.2, 0) is 24.2 Å². The molecule has 0 atom stereocenters. The Morgan fingerprint density at radius 3 is 2.16 bits per heavy atom. The maximum Gasteiger partial charge on any atom is 0.300 e. The Hall–Kier alpha value is -1.86. The zero-order valence-electron chi connectivity index (χ0n) is 11.0. The predicted octanol–water partition coefficient (Wildman–Crippen LogP) is 0.654. The van der Waals surface area contributed by atoms with Crippen molar-refractivity contribution in [3.8, 4) is 11.1 Å². The van der Waals surface area contributed by atoms with Gasteiger partial charge in [-0.3, -0.25) is 10.3 Å². The third-order valence-corrected chi connectivity index (χ3v) is 4.21. The summed E-state index contributed by atoms with van der Waals surface area (Å²) >= 11 is 0. The van der Waals surface area contributed by atoms with E-state index in [-0.39, 0.29) is 4.90 Å². The van der Waals surface area contributed by atoms with Gasteiger partial charge in [0.2, 0.25) is 0 Å². The van der Waals surface area contributed by atoms with Gasteiger partial charge in [-0.05, 0) is 24.6 Å². The molecule has 0 radical (unpaired) electrons. The molecule has 0 bridgehead atoms. The first-order valence-electron chi connectivity index (χ1n) is 5.62. The van der Waals surface area contributed by atoms with Gasteiger partial charge in [-0.2, -0.15) is 13.1 Å². The van der Waals surface area contributed by atoms with Gasteiger partial charge in [0.05, 0.1) is 16.2 Å². The first-order valence-corrected chi connectivity index (χ1v) is 7.06. The van der Waals surface area contributed by atoms with Crippen LogP contribution in [0.3, 0.4) is 0 Å². The smallest absolute Gasteiger partial charge is 0.285 e. The second kappa shape index (κ2) is 4.36. The quantitative estimate of drug-likeness (QED) is 0.625. The molecule has 0 saturated heterocycles. The van der Waals surface area contributed by atoms with E-state index < -0.39 is 10.1 Å². The second-order valence-corrected chi connectivity index (χ2v) is 5.81. The lowest BCUT2D eigenvalue weighted by molar-refractivity contribution is -0.738. The summed E-state index contributed by atoms with van der Waals surface area (Å²) in [4.78, 5) is -0.132. The fourth-order valence-electron chi connectivity index (χ4n) is 2.05. The molecule has 0 spiro atoms. The highest BCUT2D eigenvalue weighted by Crippen LogP contribution is 2.28. The van der Waals surface area contributed by atoms with E-state index >= 15 is 0 Å². The maximum absolute atomic E-state index is 11.0. The van der Waals surface area contributed by atoms with Crippen molar-refractivity contribution >= 4 is 15.9 Å². The van der Waals surface area contributed by atoms with Gasteiger partial charge in [0.15, 0.2) is 0 Å². The molecule has 1 aromatic carbocycles. The summed E-state index contributed by atoms with van der Waals surface area (Å²) < 4.78 is 34.6. The van der Waals surface area contributed by atoms with Gasteiger partial charge in [0.25, 0.3) is 10.1 Å². The topological polar surface area (TPSA) is 89.2 Å². The van der Waals surface area contributed by atoms with Crippen molar-refractivity contribution in [1.29, 1.82) is 0 Å². The SMILES string of the molecule is Cc1c(-c2ccc(S(=O)(=O)O)cc2)c(N)[n+](C)n1C. The van der Waals surface area contributed by atoms with E-state index in [4.69, 9.17) is 10.3 Å². The van der Waals surface area contributed by atoms with Crippen molar-refractivity contribution in [2.24, 2.45) is 14.1 Å². The molecule has 19 heavy (non-hydrogen) atoms. The molecule has 2 rings (SSSR count). The minimum atomic E-state index is -4.17. The summed E-state index contributed by atoms with van der Waals surface area (Å²) in [7, 11) is -0.430. The molecule has 1 heterocycles. The summed E-state index contributed by atoms with van der Waals surface area (Å²) in [6.45, 7) is 1.93. The van der Waals surface area contributed by atoms with Gasteiger partial charge in [-0.15, -0.1) is 0 Å². The molecule has 0 amide bonds. The van der Waals surface area contributed by atoms with E-state index in [1.54, 1.807) is 16.8 Å². The molecule has 0 fully saturated rings. The highest BCUT2D eigenvalue weighted by molar-refractivity contribution is 7.85. The standard InChI is InChI=1S/C12H15N3O3S/c1-8-11(12(13)15(3)14(8)2)9-4-6-10(7-5-9)19(16,17)18/h4-7,13H,1-3H3,(H,16,17,18)/p+1. The van der Waals surface area contributed by atoms with E-state index in [0.717, 1.165) is 16.8 Å². The van der Waals surface area contributed by atoms with Crippen molar-refractivity contribution in [2.75, 3.05) is 5.73 Å². The Morgan fingerprint density at radius 2 is 1.79 bits per heavy atom. The largest absolute Gasteiger partial charge is 0.300 e. The Bertz CT molecular complexity index is 705. The van der Waals surface area contributed by atoms with E-state index in [1.165, 1.54) is 12.1 Å². The lowest BCUT2D eigenvalue weighted by atomic mass is 10.1. The number of hydrogen-bond donors (Lipinski definition) is 2. The lowest BCUT2D eigenvalue weighted by Gasteiger charge is -2.01. The average molecular weight is 282 g/mol. The molecule has 0 saturated carbocycles. The van der Waals surface area contributed by atoms with E-state index in [0.29, 0.717) is 5.82 Å². The van der Waals surface area contributed by atoms with E-state index in [1.807, 2.05) is 25.7 Å². The van der Waals surface area contributed by atoms with Crippen molar-refractivity contribution in [1.82, 2.24) is 4.68 Å². The zero-order chi connectivity index (χ0) is 14.4. The number of rotatable bonds is 2. The summed E-state index contributed by atoms with van der Waals surface area (Å²) in [5.74, 6) is 0.597. The number of nitrogens with two attached hydrogens (primary N) is 1. The Labute approximate surface area is 111 Å². The number of nitrogens with zero attached hydrogens (tertiary/aromatic N) is 2. The first-order chi connectivity index (χ1) is 8.73. The van der Waals surface area contributed by atoms with Crippen LogP contribution in [0.15, 0.2) is 29.2 Å². The van der Waals surface area contributed by atoms with Crippen LogP contribution in [0.25, 0.3) is 11.1 Å². The Kier molecular flexibility index (Phi) is 3.11. The molecule has 0 aliphatic heterocycles. The number of aromatic nitrogens is 2. The summed E-state index contributed by atoms with van der Waals surface area (Å²) in [5, 5.41) is 0. The first kappa shape index (κ1) is 13.6. The van der Waals surface area contributed by atoms with Crippen molar-refractivity contribution < 1.29 is 17.7 Å². The molecule has 0 aliphatic rings. The van der Waals surface area contributed by atoms with E-state index in [9.17, 15) is 8.42 Å². The monoisotopic (exact) mass is 282 g/mol. The van der Waals surface area contributed by atoms with Gasteiger partial charge in [0, 0.05) is 7.05 Å². The van der Waals surface area contributed by atoms with E-state index in [2.05, 4.69) is 0 Å². The molecule has 1 aromatic heterocycles.